The van der Waals surface area contributed by atoms with Crippen LogP contribution in [0.5, 0.6) is 0 Å². The van der Waals surface area contributed by atoms with E-state index >= 15 is 0 Å². The van der Waals surface area contributed by atoms with Gasteiger partial charge in [0.05, 0.1) is 6.61 Å². The van der Waals surface area contributed by atoms with Crippen LogP contribution in [0.25, 0.3) is 0 Å². The van der Waals surface area contributed by atoms with E-state index in [0.717, 1.165) is 25.7 Å². The molecule has 1 aliphatic carbocycles. The molecule has 0 saturated heterocycles. The first kappa shape index (κ1) is 13.8. The van der Waals surface area contributed by atoms with Crippen LogP contribution in [-0.2, 0) is 7.05 Å². The van der Waals surface area contributed by atoms with Crippen LogP contribution >= 0.6 is 0 Å². The number of aryl methyl sites for hydroxylation is 1. The molecule has 1 aliphatic rings. The minimum absolute atomic E-state index is 0.101. The van der Waals surface area contributed by atoms with Gasteiger partial charge in [-0.1, -0.05) is 12.8 Å². The molecule has 0 aliphatic heterocycles. The zero-order chi connectivity index (χ0) is 13.9. The number of hydrogen-bond acceptors (Lipinski definition) is 3. The van der Waals surface area contributed by atoms with Gasteiger partial charge in [0.2, 0.25) is 0 Å². The maximum atomic E-state index is 12.0. The Labute approximate surface area is 112 Å². The van der Waals surface area contributed by atoms with Gasteiger partial charge < -0.3 is 15.0 Å². The topological polar surface area (TPSA) is 71.3 Å². The highest BCUT2D eigenvalue weighted by Gasteiger charge is 2.33. The molecule has 1 saturated carbocycles. The monoisotopic (exact) mass is 264 g/mol. The molecule has 0 radical (unpaired) electrons. The molecule has 2 N–H and O–H groups in total. The van der Waals surface area contributed by atoms with E-state index in [0.29, 0.717) is 12.1 Å². The molecule has 0 spiro atoms. The highest BCUT2D eigenvalue weighted by molar-refractivity contribution is 5.93. The summed E-state index contributed by atoms with van der Waals surface area (Å²) in [6, 6.07) is 2.95. The zero-order valence-corrected chi connectivity index (χ0v) is 11.2. The number of nitrogens with one attached hydrogen (secondary N) is 1. The number of aliphatic hydroxyl groups excluding tert-OH is 1. The van der Waals surface area contributed by atoms with Crippen LogP contribution in [0.2, 0.25) is 0 Å². The average Bonchev–Trinajstić information content (AvgIpc) is 2.89. The lowest BCUT2D eigenvalue weighted by Gasteiger charge is -2.26. The van der Waals surface area contributed by atoms with Gasteiger partial charge in [0.25, 0.3) is 11.5 Å². The predicted octanol–water partition coefficient (Wildman–Crippen LogP) is 0.668. The van der Waals surface area contributed by atoms with E-state index in [1.54, 1.807) is 19.3 Å². The van der Waals surface area contributed by atoms with Gasteiger partial charge in [0, 0.05) is 36.8 Å². The van der Waals surface area contributed by atoms with Crippen LogP contribution in [-0.4, -0.2) is 28.7 Å². The smallest absolute Gasteiger partial charge is 0.251 e. The number of amides is 1. The largest absolute Gasteiger partial charge is 0.396 e. The normalized spacial score (nSPS) is 17.4. The number of aliphatic hydroxyl groups is 1. The second-order valence-corrected chi connectivity index (χ2v) is 5.41. The number of hydrogen-bond donors (Lipinski definition) is 2. The maximum absolute atomic E-state index is 12.0. The quantitative estimate of drug-likeness (QED) is 0.839. The Hall–Kier alpha value is -1.62. The van der Waals surface area contributed by atoms with Crippen LogP contribution in [0.1, 0.15) is 36.0 Å². The summed E-state index contributed by atoms with van der Waals surface area (Å²) in [6.45, 7) is 0.571. The molecule has 104 valence electrons. The molecular weight excluding hydrogens is 244 g/mol. The van der Waals surface area contributed by atoms with E-state index < -0.39 is 0 Å². The summed E-state index contributed by atoms with van der Waals surface area (Å²) in [4.78, 5) is 23.4. The Balaban J connectivity index is 2.01. The zero-order valence-electron chi connectivity index (χ0n) is 11.2. The summed E-state index contributed by atoms with van der Waals surface area (Å²) in [7, 11) is 1.64. The van der Waals surface area contributed by atoms with E-state index in [9.17, 15) is 14.7 Å². The van der Waals surface area contributed by atoms with Crippen LogP contribution < -0.4 is 10.9 Å². The van der Waals surface area contributed by atoms with Crippen LogP contribution in [0.15, 0.2) is 23.1 Å². The van der Waals surface area contributed by atoms with Crippen molar-refractivity contribution in [2.75, 3.05) is 13.2 Å². The lowest BCUT2D eigenvalue weighted by molar-refractivity contribution is 0.0880. The highest BCUT2D eigenvalue weighted by Crippen LogP contribution is 2.36. The molecule has 0 bridgehead atoms. The van der Waals surface area contributed by atoms with Crippen molar-refractivity contribution in [3.63, 3.8) is 0 Å². The van der Waals surface area contributed by atoms with Gasteiger partial charge in [-0.15, -0.1) is 0 Å². The number of carbonyl (C=O) groups excluding carboxylic acids is 1. The molecular formula is C14H20N2O3. The summed E-state index contributed by atoms with van der Waals surface area (Å²) in [5, 5.41) is 12.3. The number of rotatable bonds is 4. The maximum Gasteiger partial charge on any atom is 0.251 e. The summed E-state index contributed by atoms with van der Waals surface area (Å²) >= 11 is 0. The minimum Gasteiger partial charge on any atom is -0.396 e. The summed E-state index contributed by atoms with van der Waals surface area (Å²) in [5.74, 6) is -0.252. The first-order chi connectivity index (χ1) is 9.06. The molecule has 1 heterocycles. The number of aromatic nitrogens is 1. The number of nitrogens with zero attached hydrogens (tertiary/aromatic N) is 1. The van der Waals surface area contributed by atoms with E-state index in [1.165, 1.54) is 10.6 Å². The third kappa shape index (κ3) is 3.04. The van der Waals surface area contributed by atoms with Crippen LogP contribution in [0, 0.1) is 5.41 Å². The van der Waals surface area contributed by atoms with Crippen LogP contribution in [0.3, 0.4) is 0 Å². The van der Waals surface area contributed by atoms with Gasteiger partial charge in [0.1, 0.15) is 0 Å². The molecule has 1 aromatic heterocycles. The van der Waals surface area contributed by atoms with Crippen molar-refractivity contribution in [2.24, 2.45) is 12.5 Å². The standard InChI is InChI=1S/C14H20N2O3/c1-16-7-4-11(8-12(16)18)13(19)15-9-14(10-17)5-2-3-6-14/h4,7-8,17H,2-3,5-6,9-10H2,1H3,(H,15,19). The Morgan fingerprint density at radius 3 is 2.74 bits per heavy atom. The molecule has 5 heteroatoms. The van der Waals surface area contributed by atoms with E-state index in [-0.39, 0.29) is 23.5 Å². The highest BCUT2D eigenvalue weighted by atomic mass is 16.3. The number of pyridine rings is 1. The fourth-order valence-corrected chi connectivity index (χ4v) is 2.58. The van der Waals surface area contributed by atoms with Gasteiger partial charge in [-0.3, -0.25) is 9.59 Å². The second-order valence-electron chi connectivity index (χ2n) is 5.41. The Morgan fingerprint density at radius 2 is 2.16 bits per heavy atom. The summed E-state index contributed by atoms with van der Waals surface area (Å²) in [6.07, 6.45) is 5.67. The molecule has 2 rings (SSSR count). The molecule has 19 heavy (non-hydrogen) atoms. The van der Waals surface area contributed by atoms with Gasteiger partial charge in [-0.25, -0.2) is 0 Å². The van der Waals surface area contributed by atoms with Gasteiger partial charge in [-0.2, -0.15) is 0 Å². The third-order valence-electron chi connectivity index (χ3n) is 3.99. The SMILES string of the molecule is Cn1ccc(C(=O)NCC2(CO)CCCC2)cc1=O. The van der Waals surface area contributed by atoms with Crippen LogP contribution in [0.4, 0.5) is 0 Å². The van der Waals surface area contributed by atoms with Gasteiger partial charge in [0.15, 0.2) is 0 Å². The van der Waals surface area contributed by atoms with Crippen molar-refractivity contribution in [1.29, 1.82) is 0 Å². The summed E-state index contributed by atoms with van der Waals surface area (Å²) in [5.41, 5.74) is -0.00496. The van der Waals surface area contributed by atoms with Crippen molar-refractivity contribution in [2.45, 2.75) is 25.7 Å². The molecule has 0 atom stereocenters. The Kier molecular flexibility index (Phi) is 4.04. The van der Waals surface area contributed by atoms with Crippen molar-refractivity contribution in [3.05, 3.63) is 34.2 Å². The average molecular weight is 264 g/mol. The lowest BCUT2D eigenvalue weighted by Crippen LogP contribution is -2.38. The van der Waals surface area contributed by atoms with E-state index in [4.69, 9.17) is 0 Å². The molecule has 1 aromatic rings. The fourth-order valence-electron chi connectivity index (χ4n) is 2.58. The third-order valence-corrected chi connectivity index (χ3v) is 3.99. The van der Waals surface area contributed by atoms with Crippen molar-refractivity contribution in [1.82, 2.24) is 9.88 Å². The van der Waals surface area contributed by atoms with E-state index in [1.807, 2.05) is 0 Å². The Morgan fingerprint density at radius 1 is 1.47 bits per heavy atom. The van der Waals surface area contributed by atoms with Crippen molar-refractivity contribution >= 4 is 5.91 Å². The Bertz CT molecular complexity index is 516. The molecule has 5 nitrogen and oxygen atoms in total. The first-order valence-corrected chi connectivity index (χ1v) is 6.62. The van der Waals surface area contributed by atoms with Crippen molar-refractivity contribution < 1.29 is 9.90 Å². The molecule has 0 unspecified atom stereocenters. The minimum atomic E-state index is -0.252. The fraction of sp³-hybridized carbons (Fsp3) is 0.571. The molecule has 1 fully saturated rings. The molecule has 0 aromatic carbocycles. The lowest BCUT2D eigenvalue weighted by atomic mass is 9.87. The van der Waals surface area contributed by atoms with Gasteiger partial charge in [-0.05, 0) is 18.9 Å². The predicted molar refractivity (Wildman–Crippen MR) is 72.0 cm³/mol. The summed E-state index contributed by atoms with van der Waals surface area (Å²) < 4.78 is 1.42. The first-order valence-electron chi connectivity index (χ1n) is 6.62. The van der Waals surface area contributed by atoms with Gasteiger partial charge >= 0.3 is 0 Å². The van der Waals surface area contributed by atoms with E-state index in [2.05, 4.69) is 5.32 Å². The second kappa shape index (κ2) is 5.57. The molecule has 1 amide bonds. The number of carbonyl (C=O) groups is 1. The van der Waals surface area contributed by atoms with Crippen molar-refractivity contribution in [3.8, 4) is 0 Å².